The van der Waals surface area contributed by atoms with E-state index in [-0.39, 0.29) is 23.8 Å². The normalized spacial score (nSPS) is 9.50. The Kier molecular flexibility index (Phi) is 3.05. The highest BCUT2D eigenvalue weighted by molar-refractivity contribution is 5.99. The lowest BCUT2D eigenvalue weighted by atomic mass is 10.3. The minimum Gasteiger partial charge on any atom is -0.383 e. The number of carbonyl (C=O) groups is 2. The molecule has 0 radical (unpaired) electrons. The van der Waals surface area contributed by atoms with Gasteiger partial charge in [0.15, 0.2) is 0 Å². The number of aromatic nitrogens is 2. The molecule has 0 spiro atoms. The highest BCUT2D eigenvalue weighted by atomic mass is 16.2. The second-order valence-electron chi connectivity index (χ2n) is 2.55. The van der Waals surface area contributed by atoms with Crippen LogP contribution in [0.5, 0.6) is 0 Å². The van der Waals surface area contributed by atoms with Gasteiger partial charge in [0.2, 0.25) is 5.91 Å². The molecule has 1 aromatic heterocycles. The molecule has 0 saturated carbocycles. The predicted molar refractivity (Wildman–Crippen MR) is 49.4 cm³/mol. The molecule has 0 saturated heterocycles. The quantitative estimate of drug-likeness (QED) is 0.470. The molecule has 0 bridgehead atoms. The summed E-state index contributed by atoms with van der Waals surface area (Å²) in [6, 6.07) is 0. The Morgan fingerprint density at radius 3 is 2.86 bits per heavy atom. The summed E-state index contributed by atoms with van der Waals surface area (Å²) in [6.07, 6.45) is 1.30. The van der Waals surface area contributed by atoms with Gasteiger partial charge in [-0.25, -0.2) is 0 Å². The molecule has 1 aromatic rings. The molecule has 0 aromatic carbocycles. The zero-order chi connectivity index (χ0) is 10.6. The van der Waals surface area contributed by atoms with Gasteiger partial charge in [0, 0.05) is 7.05 Å². The number of H-pyrrole nitrogens is 1. The minimum atomic E-state index is -0.431. The van der Waals surface area contributed by atoms with E-state index in [1.165, 1.54) is 13.2 Å². The first-order valence-electron chi connectivity index (χ1n) is 3.92. The lowest BCUT2D eigenvalue weighted by Crippen LogP contribution is -2.35. The van der Waals surface area contributed by atoms with Crippen LogP contribution in [0.2, 0.25) is 0 Å². The number of hydrogen-bond donors (Lipinski definition) is 4. The molecule has 5 N–H and O–H groups in total. The number of likely N-dealkylation sites (N-methyl/N-ethyl adjacent to an activating group) is 1. The molecular formula is C7H11N5O2. The van der Waals surface area contributed by atoms with Crippen LogP contribution < -0.4 is 16.4 Å². The third-order valence-corrected chi connectivity index (χ3v) is 1.60. The fourth-order valence-corrected chi connectivity index (χ4v) is 0.821. The van der Waals surface area contributed by atoms with Crippen molar-refractivity contribution < 1.29 is 9.59 Å². The van der Waals surface area contributed by atoms with E-state index >= 15 is 0 Å². The van der Waals surface area contributed by atoms with Crippen molar-refractivity contribution in [2.75, 3.05) is 19.3 Å². The average molecular weight is 197 g/mol. The largest absolute Gasteiger partial charge is 0.383 e. The Morgan fingerprint density at radius 1 is 1.64 bits per heavy atom. The van der Waals surface area contributed by atoms with Gasteiger partial charge in [0.25, 0.3) is 5.91 Å². The molecule has 1 rings (SSSR count). The van der Waals surface area contributed by atoms with E-state index in [4.69, 9.17) is 5.73 Å². The van der Waals surface area contributed by atoms with Crippen LogP contribution in [-0.2, 0) is 4.79 Å². The van der Waals surface area contributed by atoms with E-state index in [1.54, 1.807) is 0 Å². The standard InChI is InChI=1S/C7H11N5O2/c1-9-5(13)3-10-7(14)4-2-11-12-6(4)8/h2H,3H2,1H3,(H,9,13)(H,10,14)(H3,8,11,12). The van der Waals surface area contributed by atoms with E-state index < -0.39 is 5.91 Å². The lowest BCUT2D eigenvalue weighted by molar-refractivity contribution is -0.119. The summed E-state index contributed by atoms with van der Waals surface area (Å²) >= 11 is 0. The Morgan fingerprint density at radius 2 is 2.36 bits per heavy atom. The van der Waals surface area contributed by atoms with Crippen LogP contribution in [0.3, 0.4) is 0 Å². The van der Waals surface area contributed by atoms with Gasteiger partial charge in [0.1, 0.15) is 11.4 Å². The van der Waals surface area contributed by atoms with Crippen LogP contribution in [0, 0.1) is 0 Å². The number of anilines is 1. The lowest BCUT2D eigenvalue weighted by Gasteiger charge is -2.02. The van der Waals surface area contributed by atoms with E-state index in [9.17, 15) is 9.59 Å². The summed E-state index contributed by atoms with van der Waals surface area (Å²) in [5.74, 6) is -0.528. The fraction of sp³-hybridized carbons (Fsp3) is 0.286. The Hall–Kier alpha value is -2.05. The van der Waals surface area contributed by atoms with Gasteiger partial charge < -0.3 is 16.4 Å². The summed E-state index contributed by atoms with van der Waals surface area (Å²) in [6.45, 7) is -0.0834. The van der Waals surface area contributed by atoms with Crippen molar-refractivity contribution in [1.29, 1.82) is 0 Å². The maximum Gasteiger partial charge on any atom is 0.257 e. The number of nitrogens with zero attached hydrogens (tertiary/aromatic N) is 1. The number of hydrogen-bond acceptors (Lipinski definition) is 4. The highest BCUT2D eigenvalue weighted by Crippen LogP contribution is 2.04. The zero-order valence-electron chi connectivity index (χ0n) is 7.63. The Bertz CT molecular complexity index is 346. The van der Waals surface area contributed by atoms with E-state index in [1.807, 2.05) is 0 Å². The average Bonchev–Trinajstić information content (AvgIpc) is 2.60. The van der Waals surface area contributed by atoms with Gasteiger partial charge in [0.05, 0.1) is 12.7 Å². The number of nitrogens with one attached hydrogen (secondary N) is 3. The smallest absolute Gasteiger partial charge is 0.257 e. The summed E-state index contributed by atoms with van der Waals surface area (Å²) in [5, 5.41) is 10.8. The number of amides is 2. The van der Waals surface area contributed by atoms with Crippen LogP contribution in [0.15, 0.2) is 6.20 Å². The van der Waals surface area contributed by atoms with Gasteiger partial charge in [-0.3, -0.25) is 14.7 Å². The maximum atomic E-state index is 11.3. The van der Waals surface area contributed by atoms with Crippen molar-refractivity contribution in [1.82, 2.24) is 20.8 Å². The molecule has 0 fully saturated rings. The number of aromatic amines is 1. The molecule has 0 aliphatic carbocycles. The van der Waals surface area contributed by atoms with E-state index in [2.05, 4.69) is 20.8 Å². The molecule has 0 aliphatic heterocycles. The van der Waals surface area contributed by atoms with E-state index in [0.717, 1.165) is 0 Å². The van der Waals surface area contributed by atoms with Crippen LogP contribution >= 0.6 is 0 Å². The summed E-state index contributed by atoms with van der Waals surface area (Å²) in [5.41, 5.74) is 5.63. The highest BCUT2D eigenvalue weighted by Gasteiger charge is 2.11. The first-order valence-corrected chi connectivity index (χ1v) is 3.92. The number of nitrogens with two attached hydrogens (primary N) is 1. The summed E-state index contributed by atoms with van der Waals surface area (Å²) in [7, 11) is 1.49. The molecule has 0 atom stereocenters. The Balaban J connectivity index is 2.52. The molecule has 76 valence electrons. The number of nitrogen functional groups attached to an aromatic ring is 1. The minimum absolute atomic E-state index is 0.0834. The second kappa shape index (κ2) is 4.26. The van der Waals surface area contributed by atoms with Gasteiger partial charge in [-0.05, 0) is 0 Å². The molecule has 2 amide bonds. The van der Waals surface area contributed by atoms with Crippen molar-refractivity contribution >= 4 is 17.6 Å². The van der Waals surface area contributed by atoms with Crippen LogP contribution in [-0.4, -0.2) is 35.6 Å². The zero-order valence-corrected chi connectivity index (χ0v) is 7.63. The van der Waals surface area contributed by atoms with Gasteiger partial charge in [-0.2, -0.15) is 5.10 Å². The fourth-order valence-electron chi connectivity index (χ4n) is 0.821. The van der Waals surface area contributed by atoms with Crippen molar-refractivity contribution in [3.05, 3.63) is 11.8 Å². The Labute approximate surface area is 80.1 Å². The van der Waals surface area contributed by atoms with Crippen molar-refractivity contribution in [2.45, 2.75) is 0 Å². The predicted octanol–water partition coefficient (Wildman–Crippen LogP) is -1.53. The van der Waals surface area contributed by atoms with Crippen molar-refractivity contribution in [3.63, 3.8) is 0 Å². The molecule has 1 heterocycles. The van der Waals surface area contributed by atoms with Gasteiger partial charge in [-0.1, -0.05) is 0 Å². The summed E-state index contributed by atoms with van der Waals surface area (Å²) < 4.78 is 0. The summed E-state index contributed by atoms with van der Waals surface area (Å²) in [4.78, 5) is 22.1. The second-order valence-corrected chi connectivity index (χ2v) is 2.55. The van der Waals surface area contributed by atoms with Crippen LogP contribution in [0.4, 0.5) is 5.82 Å². The maximum absolute atomic E-state index is 11.3. The molecule has 14 heavy (non-hydrogen) atoms. The topological polar surface area (TPSA) is 113 Å². The van der Waals surface area contributed by atoms with Crippen molar-refractivity contribution in [3.8, 4) is 0 Å². The third kappa shape index (κ3) is 2.22. The van der Waals surface area contributed by atoms with Crippen molar-refractivity contribution in [2.24, 2.45) is 0 Å². The first-order chi connectivity index (χ1) is 6.65. The molecular weight excluding hydrogens is 186 g/mol. The van der Waals surface area contributed by atoms with E-state index in [0.29, 0.717) is 0 Å². The third-order valence-electron chi connectivity index (χ3n) is 1.60. The molecule has 7 nitrogen and oxygen atoms in total. The SMILES string of the molecule is CNC(=O)CNC(=O)c1cn[nH]c1N. The first kappa shape index (κ1) is 10.0. The number of rotatable bonds is 3. The number of carbonyl (C=O) groups excluding carboxylic acids is 2. The van der Waals surface area contributed by atoms with Crippen LogP contribution in [0.25, 0.3) is 0 Å². The van der Waals surface area contributed by atoms with Gasteiger partial charge in [-0.15, -0.1) is 0 Å². The monoisotopic (exact) mass is 197 g/mol. The van der Waals surface area contributed by atoms with Gasteiger partial charge >= 0.3 is 0 Å². The molecule has 7 heteroatoms. The molecule has 0 aliphatic rings. The van der Waals surface area contributed by atoms with Crippen LogP contribution in [0.1, 0.15) is 10.4 Å². The molecule has 0 unspecified atom stereocenters.